The van der Waals surface area contributed by atoms with Crippen LogP contribution in [0.2, 0.25) is 0 Å². The molecule has 1 aliphatic rings. The van der Waals surface area contributed by atoms with Crippen molar-refractivity contribution in [2.75, 3.05) is 25.0 Å². The van der Waals surface area contributed by atoms with Gasteiger partial charge in [-0.2, -0.15) is 0 Å². The lowest BCUT2D eigenvalue weighted by atomic mass is 10.3. The number of pyridine rings is 1. The molecular weight excluding hydrogens is 302 g/mol. The van der Waals surface area contributed by atoms with E-state index in [4.69, 9.17) is 0 Å². The molecule has 0 bridgehead atoms. The van der Waals surface area contributed by atoms with Crippen molar-refractivity contribution >= 4 is 22.8 Å². The second-order valence-corrected chi connectivity index (χ2v) is 5.93. The minimum Gasteiger partial charge on any atom is -0.361 e. The van der Waals surface area contributed by atoms with Crippen molar-refractivity contribution in [3.63, 3.8) is 0 Å². The first-order valence-corrected chi connectivity index (χ1v) is 8.22. The lowest BCUT2D eigenvalue weighted by molar-refractivity contribution is -0.128. The highest BCUT2D eigenvalue weighted by Crippen LogP contribution is 2.17. The maximum absolute atomic E-state index is 12.1. The van der Waals surface area contributed by atoms with Gasteiger partial charge >= 0.3 is 0 Å². The van der Waals surface area contributed by atoms with Gasteiger partial charge in [0.05, 0.1) is 17.6 Å². The Morgan fingerprint density at radius 3 is 2.79 bits per heavy atom. The molecule has 1 saturated heterocycles. The number of nitrogens with one attached hydrogen (secondary N) is 1. The van der Waals surface area contributed by atoms with E-state index in [1.807, 2.05) is 51.9 Å². The molecule has 1 amide bonds. The van der Waals surface area contributed by atoms with Gasteiger partial charge in [-0.1, -0.05) is 18.2 Å². The van der Waals surface area contributed by atoms with E-state index in [-0.39, 0.29) is 12.5 Å². The van der Waals surface area contributed by atoms with Gasteiger partial charge in [-0.25, -0.2) is 9.97 Å². The van der Waals surface area contributed by atoms with Crippen LogP contribution in [-0.2, 0) is 4.79 Å². The van der Waals surface area contributed by atoms with Crippen LogP contribution in [0.5, 0.6) is 0 Å². The third-order valence-corrected chi connectivity index (χ3v) is 4.31. The fourth-order valence-electron chi connectivity index (χ4n) is 3.04. The number of carbonyl (C=O) groups is 1. The molecule has 122 valence electrons. The molecular formula is C18H19N5O. The topological polar surface area (TPSA) is 63.1 Å². The van der Waals surface area contributed by atoms with Crippen LogP contribution in [0.15, 0.2) is 48.8 Å². The molecule has 3 aromatic rings. The number of hydrogen-bond acceptors (Lipinski definition) is 4. The van der Waals surface area contributed by atoms with E-state index in [0.717, 1.165) is 42.8 Å². The van der Waals surface area contributed by atoms with Crippen LogP contribution in [0.4, 0.5) is 5.82 Å². The molecule has 24 heavy (non-hydrogen) atoms. The van der Waals surface area contributed by atoms with Gasteiger partial charge in [0.15, 0.2) is 0 Å². The maximum Gasteiger partial charge on any atom is 0.241 e. The Hall–Kier alpha value is -2.89. The van der Waals surface area contributed by atoms with Crippen molar-refractivity contribution in [1.82, 2.24) is 19.4 Å². The first-order chi connectivity index (χ1) is 11.8. The van der Waals surface area contributed by atoms with Crippen LogP contribution >= 0.6 is 0 Å². The fraction of sp³-hybridized carbons (Fsp3) is 0.278. The number of rotatable bonds is 4. The number of amides is 1. The monoisotopic (exact) mass is 321 g/mol. The molecule has 3 heterocycles. The number of nitrogens with zero attached hydrogens (tertiary/aromatic N) is 4. The summed E-state index contributed by atoms with van der Waals surface area (Å²) in [7, 11) is 0. The lowest BCUT2D eigenvalue weighted by Crippen LogP contribution is -2.33. The minimum absolute atomic E-state index is 0.132. The Morgan fingerprint density at radius 1 is 1.08 bits per heavy atom. The van der Waals surface area contributed by atoms with Crippen LogP contribution < -0.4 is 5.32 Å². The fourth-order valence-corrected chi connectivity index (χ4v) is 3.04. The zero-order valence-corrected chi connectivity index (χ0v) is 13.4. The Balaban J connectivity index is 1.52. The van der Waals surface area contributed by atoms with Crippen molar-refractivity contribution in [2.45, 2.75) is 12.8 Å². The highest BCUT2D eigenvalue weighted by Gasteiger charge is 2.17. The quantitative estimate of drug-likeness (QED) is 0.802. The molecule has 0 saturated carbocycles. The van der Waals surface area contributed by atoms with Crippen molar-refractivity contribution in [2.24, 2.45) is 0 Å². The van der Waals surface area contributed by atoms with Crippen LogP contribution in [0, 0.1) is 0 Å². The van der Waals surface area contributed by atoms with E-state index in [0.29, 0.717) is 5.82 Å². The molecule has 2 aromatic heterocycles. The zero-order valence-electron chi connectivity index (χ0n) is 13.4. The van der Waals surface area contributed by atoms with E-state index < -0.39 is 0 Å². The molecule has 1 fully saturated rings. The predicted octanol–water partition coefficient (Wildman–Crippen LogP) is 2.45. The number of anilines is 1. The van der Waals surface area contributed by atoms with Gasteiger partial charge in [0.2, 0.25) is 5.91 Å². The SMILES string of the molecule is O=C(CNc1cccc(-n2cnc3ccccc32)n1)N1CCCC1. The number of carbonyl (C=O) groups excluding carboxylic acids is 1. The molecule has 6 heteroatoms. The molecule has 0 unspecified atom stereocenters. The van der Waals surface area contributed by atoms with Crippen molar-refractivity contribution < 1.29 is 4.79 Å². The smallest absolute Gasteiger partial charge is 0.241 e. The standard InChI is InChI=1S/C18H19N5O/c24-18(22-10-3-4-11-22)12-19-16-8-5-9-17(21-16)23-13-20-14-6-1-2-7-15(14)23/h1-2,5-9,13H,3-4,10-12H2,(H,19,21). The van der Waals surface area contributed by atoms with E-state index in [1.54, 1.807) is 6.33 Å². The summed E-state index contributed by atoms with van der Waals surface area (Å²) in [6, 6.07) is 13.7. The van der Waals surface area contributed by atoms with E-state index in [2.05, 4.69) is 15.3 Å². The average Bonchev–Trinajstić information content (AvgIpc) is 3.29. The summed E-state index contributed by atoms with van der Waals surface area (Å²) in [5.41, 5.74) is 1.94. The first kappa shape index (κ1) is 14.7. The van der Waals surface area contributed by atoms with Gasteiger partial charge < -0.3 is 10.2 Å². The molecule has 0 radical (unpaired) electrons. The number of aromatic nitrogens is 3. The van der Waals surface area contributed by atoms with E-state index in [9.17, 15) is 4.79 Å². The number of fused-ring (bicyclic) bond motifs is 1. The van der Waals surface area contributed by atoms with Crippen LogP contribution in [0.3, 0.4) is 0 Å². The number of likely N-dealkylation sites (tertiary alicyclic amines) is 1. The van der Waals surface area contributed by atoms with E-state index >= 15 is 0 Å². The molecule has 0 aliphatic carbocycles. The summed E-state index contributed by atoms with van der Waals surface area (Å²) in [5.74, 6) is 1.60. The molecule has 1 aliphatic heterocycles. The normalized spacial score (nSPS) is 14.2. The Labute approximate surface area is 140 Å². The highest BCUT2D eigenvalue weighted by molar-refractivity contribution is 5.81. The third-order valence-electron chi connectivity index (χ3n) is 4.31. The largest absolute Gasteiger partial charge is 0.361 e. The zero-order chi connectivity index (χ0) is 16.4. The molecule has 0 atom stereocenters. The number of hydrogen-bond donors (Lipinski definition) is 1. The van der Waals surface area contributed by atoms with Crippen LogP contribution in [0.1, 0.15) is 12.8 Å². The number of imidazole rings is 1. The Morgan fingerprint density at radius 2 is 1.92 bits per heavy atom. The summed E-state index contributed by atoms with van der Waals surface area (Å²) < 4.78 is 1.95. The molecule has 0 spiro atoms. The van der Waals surface area contributed by atoms with Crippen LogP contribution in [-0.4, -0.2) is 45.0 Å². The summed E-state index contributed by atoms with van der Waals surface area (Å²) in [4.78, 5) is 23.0. The second kappa shape index (κ2) is 6.31. The van der Waals surface area contributed by atoms with Gasteiger partial charge in [0.1, 0.15) is 18.0 Å². The van der Waals surface area contributed by atoms with Crippen LogP contribution in [0.25, 0.3) is 16.9 Å². The van der Waals surface area contributed by atoms with Gasteiger partial charge in [-0.3, -0.25) is 9.36 Å². The molecule has 1 aromatic carbocycles. The lowest BCUT2D eigenvalue weighted by Gasteiger charge is -2.16. The highest BCUT2D eigenvalue weighted by atomic mass is 16.2. The van der Waals surface area contributed by atoms with Gasteiger partial charge in [-0.15, -0.1) is 0 Å². The van der Waals surface area contributed by atoms with Gasteiger partial charge in [-0.05, 0) is 37.1 Å². The summed E-state index contributed by atoms with van der Waals surface area (Å²) in [5, 5.41) is 3.14. The third kappa shape index (κ3) is 2.82. The Bertz CT molecular complexity index is 866. The summed E-state index contributed by atoms with van der Waals surface area (Å²) >= 11 is 0. The van der Waals surface area contributed by atoms with E-state index in [1.165, 1.54) is 0 Å². The van der Waals surface area contributed by atoms with Crippen molar-refractivity contribution in [1.29, 1.82) is 0 Å². The average molecular weight is 321 g/mol. The van der Waals surface area contributed by atoms with Gasteiger partial charge in [0, 0.05) is 13.1 Å². The first-order valence-electron chi connectivity index (χ1n) is 8.22. The molecule has 1 N–H and O–H groups in total. The number of para-hydroxylation sites is 2. The van der Waals surface area contributed by atoms with Gasteiger partial charge in [0.25, 0.3) is 0 Å². The minimum atomic E-state index is 0.132. The molecule has 6 nitrogen and oxygen atoms in total. The van der Waals surface area contributed by atoms with Crippen molar-refractivity contribution in [3.05, 3.63) is 48.8 Å². The van der Waals surface area contributed by atoms with Crippen molar-refractivity contribution in [3.8, 4) is 5.82 Å². The maximum atomic E-state index is 12.1. The predicted molar refractivity (Wildman–Crippen MR) is 93.2 cm³/mol. The summed E-state index contributed by atoms with van der Waals surface area (Å²) in [6.07, 6.45) is 3.98. The molecule has 4 rings (SSSR count). The number of benzene rings is 1. The summed E-state index contributed by atoms with van der Waals surface area (Å²) in [6.45, 7) is 2.02. The Kier molecular flexibility index (Phi) is 3.86. The second-order valence-electron chi connectivity index (χ2n) is 5.93.